The van der Waals surface area contributed by atoms with E-state index in [0.717, 1.165) is 47.1 Å². The number of nitrogens with zero attached hydrogens (tertiary/aromatic N) is 4. The maximum absolute atomic E-state index is 9.17. The second kappa shape index (κ2) is 16.1. The van der Waals surface area contributed by atoms with E-state index in [-0.39, 0.29) is 13.2 Å². The fraction of sp³-hybridized carbons (Fsp3) is 0.385. The van der Waals surface area contributed by atoms with Crippen LogP contribution in [0.2, 0.25) is 0 Å². The standard InChI is InChI=1S/C26H36N4O2S/c1-23(8-9-24-10-12-25(13-11-24)30(18-20-31)19-21-32)7-3-4-14-27-15-5-6-22-33-26-28-16-17-29(26)2/h3-4,7-14,16-17,31-32H,5-6,15,18-22H2,1-2H3/b4-3-,9-8+,23-7+,27-14?. The van der Waals surface area contributed by atoms with Crippen molar-refractivity contribution in [2.24, 2.45) is 12.0 Å². The Bertz CT molecular complexity index is 911. The SMILES string of the molecule is CC(/C=C/c1ccc(N(CCO)CCO)cc1)=C\C=C/C=NCCCCSc1nccn1C. The Morgan fingerprint density at radius 1 is 1.12 bits per heavy atom. The number of aromatic nitrogens is 2. The molecular formula is C26H36N4O2S. The zero-order chi connectivity index (χ0) is 23.7. The fourth-order valence-corrected chi connectivity index (χ4v) is 3.97. The van der Waals surface area contributed by atoms with Gasteiger partial charge in [-0.2, -0.15) is 0 Å². The maximum Gasteiger partial charge on any atom is 0.167 e. The largest absolute Gasteiger partial charge is 0.395 e. The van der Waals surface area contributed by atoms with Crippen LogP contribution in [0.1, 0.15) is 25.3 Å². The van der Waals surface area contributed by atoms with Crippen LogP contribution in [0, 0.1) is 0 Å². The third-order valence-corrected chi connectivity index (χ3v) is 6.03. The van der Waals surface area contributed by atoms with Gasteiger partial charge >= 0.3 is 0 Å². The molecule has 2 aromatic rings. The topological polar surface area (TPSA) is 73.9 Å². The van der Waals surface area contributed by atoms with Crippen molar-refractivity contribution in [1.82, 2.24) is 9.55 Å². The number of rotatable bonds is 15. The highest BCUT2D eigenvalue weighted by Crippen LogP contribution is 2.17. The molecule has 33 heavy (non-hydrogen) atoms. The van der Waals surface area contributed by atoms with E-state index in [0.29, 0.717) is 13.1 Å². The van der Waals surface area contributed by atoms with Crippen molar-refractivity contribution in [2.75, 3.05) is 43.5 Å². The first-order chi connectivity index (χ1) is 16.1. The Balaban J connectivity index is 1.67. The van der Waals surface area contributed by atoms with Gasteiger partial charge in [0.2, 0.25) is 0 Å². The number of hydrogen-bond donors (Lipinski definition) is 2. The van der Waals surface area contributed by atoms with E-state index in [1.165, 1.54) is 0 Å². The zero-order valence-electron chi connectivity index (χ0n) is 19.7. The molecule has 0 aliphatic heterocycles. The summed E-state index contributed by atoms with van der Waals surface area (Å²) in [5, 5.41) is 19.4. The molecule has 0 saturated heterocycles. The Morgan fingerprint density at radius 3 is 2.55 bits per heavy atom. The molecule has 0 spiro atoms. The van der Waals surface area contributed by atoms with Crippen LogP contribution in [0.4, 0.5) is 5.69 Å². The van der Waals surface area contributed by atoms with Gasteiger partial charge in [-0.1, -0.05) is 53.8 Å². The van der Waals surface area contributed by atoms with Gasteiger partial charge < -0.3 is 19.7 Å². The fourth-order valence-electron chi connectivity index (χ4n) is 3.04. The quantitative estimate of drug-likeness (QED) is 0.176. The van der Waals surface area contributed by atoms with Crippen LogP contribution in [0.15, 0.2) is 76.7 Å². The maximum atomic E-state index is 9.17. The van der Waals surface area contributed by atoms with Crippen LogP contribution in [-0.4, -0.2) is 64.6 Å². The van der Waals surface area contributed by atoms with Gasteiger partial charge in [0.25, 0.3) is 0 Å². The second-order valence-electron chi connectivity index (χ2n) is 7.59. The number of thioether (sulfide) groups is 1. The monoisotopic (exact) mass is 468 g/mol. The summed E-state index contributed by atoms with van der Waals surface area (Å²) in [5.41, 5.74) is 3.25. The van der Waals surface area contributed by atoms with Crippen LogP contribution in [-0.2, 0) is 7.05 Å². The van der Waals surface area contributed by atoms with Crippen molar-refractivity contribution in [3.05, 3.63) is 72.1 Å². The lowest BCUT2D eigenvalue weighted by Crippen LogP contribution is -2.29. The first-order valence-electron chi connectivity index (χ1n) is 11.3. The number of aliphatic imine (C=N–C) groups is 1. The Hall–Kier alpha value is -2.61. The van der Waals surface area contributed by atoms with Gasteiger partial charge in [0.05, 0.1) is 13.2 Å². The van der Waals surface area contributed by atoms with E-state index < -0.39 is 0 Å². The van der Waals surface area contributed by atoms with Crippen molar-refractivity contribution < 1.29 is 10.2 Å². The molecule has 1 aromatic heterocycles. The number of unbranched alkanes of at least 4 members (excludes halogenated alkanes) is 1. The molecule has 1 heterocycles. The number of aryl methyl sites for hydroxylation is 1. The summed E-state index contributed by atoms with van der Waals surface area (Å²) < 4.78 is 2.04. The van der Waals surface area contributed by atoms with Crippen LogP contribution < -0.4 is 4.90 Å². The third-order valence-electron chi connectivity index (χ3n) is 4.89. The van der Waals surface area contributed by atoms with Gasteiger partial charge in [0.1, 0.15) is 0 Å². The Labute approximate surface area is 202 Å². The average molecular weight is 469 g/mol. The normalized spacial score (nSPS) is 12.5. The first-order valence-corrected chi connectivity index (χ1v) is 12.3. The molecule has 178 valence electrons. The molecule has 0 amide bonds. The molecule has 0 fully saturated rings. The molecular weight excluding hydrogens is 432 g/mol. The molecule has 2 N–H and O–H groups in total. The Morgan fingerprint density at radius 2 is 1.88 bits per heavy atom. The summed E-state index contributed by atoms with van der Waals surface area (Å²) in [5.74, 6) is 1.07. The van der Waals surface area contributed by atoms with Crippen molar-refractivity contribution in [2.45, 2.75) is 24.9 Å². The third kappa shape index (κ3) is 10.7. The van der Waals surface area contributed by atoms with Crippen LogP contribution >= 0.6 is 11.8 Å². The number of allylic oxidation sites excluding steroid dienone is 5. The number of hydrogen-bond acceptors (Lipinski definition) is 6. The predicted octanol–water partition coefficient (Wildman–Crippen LogP) is 4.37. The highest BCUT2D eigenvalue weighted by molar-refractivity contribution is 7.99. The van der Waals surface area contributed by atoms with Gasteiger partial charge in [-0.05, 0) is 43.5 Å². The molecule has 1 aromatic carbocycles. The van der Waals surface area contributed by atoms with Crippen LogP contribution in [0.3, 0.4) is 0 Å². The lowest BCUT2D eigenvalue weighted by molar-refractivity contribution is 0.281. The first kappa shape index (κ1) is 26.6. The van der Waals surface area contributed by atoms with Gasteiger partial charge in [-0.3, -0.25) is 4.99 Å². The average Bonchev–Trinajstić information content (AvgIpc) is 3.23. The van der Waals surface area contributed by atoms with Crippen molar-refractivity contribution >= 4 is 29.7 Å². The highest BCUT2D eigenvalue weighted by atomic mass is 32.2. The molecule has 2 rings (SSSR count). The lowest BCUT2D eigenvalue weighted by Gasteiger charge is -2.22. The number of aliphatic hydroxyl groups is 2. The number of imidazole rings is 1. The van der Waals surface area contributed by atoms with Crippen LogP contribution in [0.5, 0.6) is 0 Å². The lowest BCUT2D eigenvalue weighted by atomic mass is 10.1. The molecule has 0 unspecified atom stereocenters. The van der Waals surface area contributed by atoms with Gasteiger partial charge in [0, 0.05) is 56.7 Å². The summed E-state index contributed by atoms with van der Waals surface area (Å²) in [7, 11) is 2.02. The summed E-state index contributed by atoms with van der Waals surface area (Å²) in [6.45, 7) is 4.07. The highest BCUT2D eigenvalue weighted by Gasteiger charge is 2.04. The van der Waals surface area contributed by atoms with Crippen LogP contribution in [0.25, 0.3) is 6.08 Å². The molecule has 0 aliphatic carbocycles. The number of aliphatic hydroxyl groups excluding tert-OH is 2. The van der Waals surface area contributed by atoms with Gasteiger partial charge in [-0.25, -0.2) is 4.98 Å². The number of benzene rings is 1. The van der Waals surface area contributed by atoms with E-state index in [2.05, 4.69) is 35.1 Å². The minimum atomic E-state index is 0.0651. The van der Waals surface area contributed by atoms with Crippen molar-refractivity contribution in [3.8, 4) is 0 Å². The molecule has 0 bridgehead atoms. The summed E-state index contributed by atoms with van der Waals surface area (Å²) >= 11 is 1.79. The van der Waals surface area contributed by atoms with Gasteiger partial charge in [-0.15, -0.1) is 0 Å². The second-order valence-corrected chi connectivity index (χ2v) is 8.65. The smallest absolute Gasteiger partial charge is 0.167 e. The minimum Gasteiger partial charge on any atom is -0.395 e. The zero-order valence-corrected chi connectivity index (χ0v) is 20.5. The summed E-state index contributed by atoms with van der Waals surface area (Å²) in [6, 6.07) is 8.10. The van der Waals surface area contributed by atoms with E-state index in [4.69, 9.17) is 10.2 Å². The molecule has 0 saturated carbocycles. The van der Waals surface area contributed by atoms with Crippen molar-refractivity contribution in [3.63, 3.8) is 0 Å². The molecule has 7 heteroatoms. The summed E-state index contributed by atoms with van der Waals surface area (Å²) in [6.07, 6.45) is 18.1. The number of anilines is 1. The molecule has 0 atom stereocenters. The molecule has 0 radical (unpaired) electrons. The van der Waals surface area contributed by atoms with E-state index >= 15 is 0 Å². The summed E-state index contributed by atoms with van der Waals surface area (Å²) in [4.78, 5) is 10.7. The van der Waals surface area contributed by atoms with Crippen molar-refractivity contribution in [1.29, 1.82) is 0 Å². The van der Waals surface area contributed by atoms with E-state index in [1.807, 2.05) is 71.5 Å². The minimum absolute atomic E-state index is 0.0651. The molecule has 0 aliphatic rings. The predicted molar refractivity (Wildman–Crippen MR) is 141 cm³/mol. The van der Waals surface area contributed by atoms with E-state index in [1.54, 1.807) is 11.8 Å². The molecule has 6 nitrogen and oxygen atoms in total. The van der Waals surface area contributed by atoms with E-state index in [9.17, 15) is 0 Å². The Kier molecular flexibility index (Phi) is 13.0. The van der Waals surface area contributed by atoms with Gasteiger partial charge in [0.15, 0.2) is 5.16 Å².